The first-order chi connectivity index (χ1) is 41.4. The van der Waals surface area contributed by atoms with E-state index in [4.69, 9.17) is 61.3 Å². The number of aliphatic hydroxyl groups excluding tert-OH is 1. The molecule has 3 aromatic rings. The van der Waals surface area contributed by atoms with Gasteiger partial charge in [0.15, 0.2) is 0 Å². The number of carbonyl (C=O) groups excluding carboxylic acids is 2. The highest BCUT2D eigenvalue weighted by atomic mass is 16.6. The SMILES string of the molecule is CC.CCC(CC)(COC/C(N)=C/N(N)CCOC(C)(C)COC(C)(C)C)COC(C)(C)C(C)(C)C.CCC(CO)(COC/C(N)=C/N(N)CCCCCC(=O)OC1C(=O)OCc2c1cc1n(c2=O)Cc2cc3ccccc3nc2-1)CC(C)(C)C(C)(O)CC. The molecule has 4 heterocycles. The number of hydrogen-bond acceptors (Lipinski definition) is 19. The Hall–Kier alpha value is -5.16. The monoisotopic (exact) mass is 1250 g/mol. The van der Waals surface area contributed by atoms with Gasteiger partial charge in [0.05, 0.1) is 122 Å². The molecule has 89 heavy (non-hydrogen) atoms. The Bertz CT molecular complexity index is 2820. The van der Waals surface area contributed by atoms with Crippen LogP contribution in [0.25, 0.3) is 22.3 Å². The number of carbonyl (C=O) groups is 2. The second kappa shape index (κ2) is 33.9. The third kappa shape index (κ3) is 23.2. The zero-order valence-corrected chi connectivity index (χ0v) is 58.1. The maximum absolute atomic E-state index is 13.5. The van der Waals surface area contributed by atoms with Crippen LogP contribution in [0.15, 0.2) is 65.0 Å². The standard InChI is InChI=1S/C40H55N5O8.C27H57N3O4.C2H6/c1-6-39(5,50)38(3,4)23-40(7-2,24-46)25-51-21-28(41)20-44(42)16-12-8-9-15-33(47)53-35-29-18-32-34-27(17-26-13-10-11-14-31(26)43-34)19-45(32)36(48)30(29)22-52-37(35)49;1-13-27(14-2,21-34-26(11,12)23(3,4)5)20-31-18-22(28)17-30(29)15-16-32-25(9,10)19-33-24(6,7)8;1-2/h10-11,13-14,17-18,20,35,46,50H,6-9,12,15-16,19,21-25,41-42H2,1-5H3;17H,13-16,18-21,28-29H2,1-12H3;1-2H3/b28-20-;22-17-;. The summed E-state index contributed by atoms with van der Waals surface area (Å²) in [5.41, 5.74) is 14.0. The summed E-state index contributed by atoms with van der Waals surface area (Å²) < 4.78 is 42.6. The Morgan fingerprint density at radius 2 is 1.34 bits per heavy atom. The first-order valence-electron chi connectivity index (χ1n) is 32.3. The average molecular weight is 1250 g/mol. The van der Waals surface area contributed by atoms with Crippen molar-refractivity contribution >= 4 is 22.8 Å². The van der Waals surface area contributed by atoms with Crippen molar-refractivity contribution in [2.45, 2.75) is 231 Å². The van der Waals surface area contributed by atoms with E-state index in [0.717, 1.165) is 29.3 Å². The van der Waals surface area contributed by atoms with Crippen molar-refractivity contribution in [2.75, 3.05) is 65.9 Å². The van der Waals surface area contributed by atoms with Crippen LogP contribution in [-0.2, 0) is 55.9 Å². The molecule has 20 heteroatoms. The Labute approximate surface area is 533 Å². The van der Waals surface area contributed by atoms with Crippen LogP contribution >= 0.6 is 0 Å². The predicted octanol–water partition coefficient (Wildman–Crippen LogP) is 10.8. The Kier molecular flexibility index (Phi) is 29.8. The van der Waals surface area contributed by atoms with Crippen LogP contribution in [0.3, 0.4) is 0 Å². The molecular weight excluding hydrogens is 1130 g/mol. The molecule has 0 aliphatic carbocycles. The number of benzene rings is 1. The smallest absolute Gasteiger partial charge is 0.352 e. The fraction of sp³-hybridized carbons (Fsp3) is 0.710. The van der Waals surface area contributed by atoms with Gasteiger partial charge in [0.2, 0.25) is 6.10 Å². The average Bonchev–Trinajstić information content (AvgIpc) is 2.83. The third-order valence-electron chi connectivity index (χ3n) is 18.0. The van der Waals surface area contributed by atoms with Crippen molar-refractivity contribution in [2.24, 2.45) is 44.8 Å². The van der Waals surface area contributed by atoms with Gasteiger partial charge in [-0.25, -0.2) is 21.5 Å². The van der Waals surface area contributed by atoms with E-state index in [1.165, 1.54) is 5.01 Å². The summed E-state index contributed by atoms with van der Waals surface area (Å²) in [6, 6.07) is 11.5. The summed E-state index contributed by atoms with van der Waals surface area (Å²) in [5.74, 6) is 11.0. The van der Waals surface area contributed by atoms with Crippen molar-refractivity contribution in [3.05, 3.63) is 87.2 Å². The van der Waals surface area contributed by atoms with E-state index in [-0.39, 0.29) is 66.0 Å². The maximum atomic E-state index is 13.5. The number of para-hydroxylation sites is 1. The van der Waals surface area contributed by atoms with E-state index < -0.39 is 34.5 Å². The lowest BCUT2D eigenvalue weighted by atomic mass is 9.64. The molecule has 0 bridgehead atoms. The zero-order valence-electron chi connectivity index (χ0n) is 58.1. The van der Waals surface area contributed by atoms with Crippen LogP contribution in [0.1, 0.15) is 212 Å². The summed E-state index contributed by atoms with van der Waals surface area (Å²) in [6.45, 7) is 43.3. The van der Waals surface area contributed by atoms with Gasteiger partial charge in [0.25, 0.3) is 5.56 Å². The van der Waals surface area contributed by atoms with Gasteiger partial charge in [0.1, 0.15) is 6.61 Å². The molecule has 3 atom stereocenters. The van der Waals surface area contributed by atoms with Crippen LogP contribution in [0.4, 0.5) is 0 Å². The largest absolute Gasteiger partial charge is 0.458 e. The molecule has 2 aliphatic heterocycles. The summed E-state index contributed by atoms with van der Waals surface area (Å²) in [5, 5.41) is 25.2. The van der Waals surface area contributed by atoms with Gasteiger partial charge in [-0.15, -0.1) is 0 Å². The number of esters is 2. The molecule has 5 rings (SSSR count). The molecule has 0 saturated heterocycles. The Balaban J connectivity index is 0.000000499. The second-order valence-electron chi connectivity index (χ2n) is 28.2. The second-order valence-corrected chi connectivity index (χ2v) is 28.2. The molecule has 0 radical (unpaired) electrons. The van der Waals surface area contributed by atoms with Gasteiger partial charge in [0, 0.05) is 52.7 Å². The minimum absolute atomic E-state index is 0.0419. The molecule has 0 fully saturated rings. The number of cyclic esters (lactones) is 1. The first kappa shape index (κ1) is 78.1. The van der Waals surface area contributed by atoms with E-state index in [1.807, 2.05) is 113 Å². The van der Waals surface area contributed by atoms with Gasteiger partial charge in [-0.1, -0.05) is 101 Å². The third-order valence-corrected chi connectivity index (χ3v) is 18.0. The van der Waals surface area contributed by atoms with Crippen molar-refractivity contribution in [1.82, 2.24) is 19.6 Å². The molecule has 2 aromatic heterocycles. The van der Waals surface area contributed by atoms with Crippen molar-refractivity contribution in [3.8, 4) is 11.4 Å². The molecule has 0 amide bonds. The molecule has 3 unspecified atom stereocenters. The molecule has 506 valence electrons. The predicted molar refractivity (Wildman–Crippen MR) is 354 cm³/mol. The summed E-state index contributed by atoms with van der Waals surface area (Å²) in [6.07, 6.45) is 7.70. The molecule has 0 saturated carbocycles. The number of pyridine rings is 2. The molecule has 2 aliphatic rings. The maximum Gasteiger partial charge on any atom is 0.352 e. The molecular formula is C69H118N8O12. The van der Waals surface area contributed by atoms with Crippen LogP contribution in [-0.4, -0.2) is 130 Å². The van der Waals surface area contributed by atoms with Crippen LogP contribution in [0.5, 0.6) is 0 Å². The molecule has 1 aromatic carbocycles. The topological polar surface area (TPSA) is 285 Å². The zero-order chi connectivity index (χ0) is 67.4. The fourth-order valence-corrected chi connectivity index (χ4v) is 10.1. The summed E-state index contributed by atoms with van der Waals surface area (Å²) in [4.78, 5) is 44.0. The number of aliphatic hydroxyl groups is 2. The first-order valence-corrected chi connectivity index (χ1v) is 32.3. The normalized spacial score (nSPS) is 16.2. The fourth-order valence-electron chi connectivity index (χ4n) is 10.1. The number of rotatable bonds is 34. The van der Waals surface area contributed by atoms with Crippen LogP contribution < -0.4 is 28.7 Å². The summed E-state index contributed by atoms with van der Waals surface area (Å²) in [7, 11) is 0. The van der Waals surface area contributed by atoms with Crippen LogP contribution in [0, 0.1) is 21.7 Å². The van der Waals surface area contributed by atoms with Gasteiger partial charge in [-0.05, 0) is 129 Å². The van der Waals surface area contributed by atoms with Gasteiger partial charge in [-0.3, -0.25) is 9.59 Å². The lowest BCUT2D eigenvalue weighted by Crippen LogP contribution is -2.47. The molecule has 20 nitrogen and oxygen atoms in total. The van der Waals surface area contributed by atoms with E-state index >= 15 is 0 Å². The number of hydrogen-bond donors (Lipinski definition) is 6. The van der Waals surface area contributed by atoms with E-state index in [9.17, 15) is 24.6 Å². The van der Waals surface area contributed by atoms with Gasteiger partial charge >= 0.3 is 11.9 Å². The van der Waals surface area contributed by atoms with E-state index in [0.29, 0.717) is 125 Å². The van der Waals surface area contributed by atoms with E-state index in [1.54, 1.807) is 28.0 Å². The van der Waals surface area contributed by atoms with Crippen LogP contribution in [0.2, 0.25) is 0 Å². The highest BCUT2D eigenvalue weighted by Crippen LogP contribution is 2.45. The Morgan fingerprint density at radius 3 is 1.90 bits per heavy atom. The van der Waals surface area contributed by atoms with Gasteiger partial charge in [-0.2, -0.15) is 0 Å². The van der Waals surface area contributed by atoms with Crippen molar-refractivity contribution < 1.29 is 53.0 Å². The molecule has 0 spiro atoms. The quantitative estimate of drug-likeness (QED) is 0.0110. The highest BCUT2D eigenvalue weighted by molar-refractivity contribution is 5.86. The number of ether oxygens (including phenoxy) is 7. The summed E-state index contributed by atoms with van der Waals surface area (Å²) >= 11 is 0. The minimum atomic E-state index is -1.33. The van der Waals surface area contributed by atoms with Crippen molar-refractivity contribution in [1.29, 1.82) is 0 Å². The minimum Gasteiger partial charge on any atom is -0.458 e. The highest BCUT2D eigenvalue weighted by Gasteiger charge is 2.45. The number of nitrogens with zero attached hydrogens (tertiary/aromatic N) is 4. The number of nitrogens with two attached hydrogens (primary N) is 4. The van der Waals surface area contributed by atoms with E-state index in [2.05, 4.69) is 48.5 Å². The number of aromatic nitrogens is 2. The number of unbranched alkanes of at least 4 members (excludes halogenated alkanes) is 2. The van der Waals surface area contributed by atoms with Crippen molar-refractivity contribution in [3.63, 3.8) is 0 Å². The number of fused-ring (bicyclic) bond motifs is 5. The molecule has 10 N–H and O–H groups in total. The van der Waals surface area contributed by atoms with Gasteiger partial charge < -0.3 is 69.4 Å². The Morgan fingerprint density at radius 1 is 0.753 bits per heavy atom. The lowest BCUT2D eigenvalue weighted by Gasteiger charge is -2.46. The lowest BCUT2D eigenvalue weighted by molar-refractivity contribution is -0.171. The number of hydrazine groups is 2.